The van der Waals surface area contributed by atoms with Crippen molar-refractivity contribution in [3.8, 4) is 0 Å². The van der Waals surface area contributed by atoms with Gasteiger partial charge in [0.25, 0.3) is 0 Å². The molecule has 84 valence electrons. The van der Waals surface area contributed by atoms with Gasteiger partial charge in [-0.2, -0.15) is 0 Å². The van der Waals surface area contributed by atoms with Gasteiger partial charge < -0.3 is 5.73 Å². The summed E-state index contributed by atoms with van der Waals surface area (Å²) < 4.78 is 0. The average molecular weight is 205 g/mol. The summed E-state index contributed by atoms with van der Waals surface area (Å²) in [6, 6.07) is 0.318. The van der Waals surface area contributed by atoms with Crippen LogP contribution in [0.1, 0.15) is 40.0 Å². The lowest BCUT2D eigenvalue weighted by Crippen LogP contribution is -2.29. The average Bonchev–Trinajstić information content (AvgIpc) is 2.90. The summed E-state index contributed by atoms with van der Waals surface area (Å²) in [7, 11) is 0. The van der Waals surface area contributed by atoms with Crippen LogP contribution in [-0.2, 0) is 0 Å². The summed E-state index contributed by atoms with van der Waals surface area (Å²) in [5.74, 6) is 2.51. The van der Waals surface area contributed by atoms with E-state index in [-0.39, 0.29) is 0 Å². The van der Waals surface area contributed by atoms with Gasteiger partial charge in [0.05, 0.1) is 0 Å². The molecule has 0 radical (unpaired) electrons. The first-order chi connectivity index (χ1) is 7.15. The fraction of sp³-hybridized carbons (Fsp3) is 0.714. The van der Waals surface area contributed by atoms with Crippen molar-refractivity contribution in [1.82, 2.24) is 0 Å². The van der Waals surface area contributed by atoms with Crippen LogP contribution in [0.3, 0.4) is 0 Å². The normalized spacial score (nSPS) is 37.7. The Morgan fingerprint density at radius 1 is 1.47 bits per heavy atom. The molecule has 0 unspecified atom stereocenters. The minimum absolute atomic E-state index is 0.318. The second-order valence-corrected chi connectivity index (χ2v) is 5.29. The zero-order chi connectivity index (χ0) is 11.0. The Hall–Kier alpha value is -0.560. The van der Waals surface area contributed by atoms with Gasteiger partial charge in [-0.05, 0) is 63.4 Å². The van der Waals surface area contributed by atoms with E-state index in [1.54, 1.807) is 11.1 Å². The van der Waals surface area contributed by atoms with E-state index in [1.807, 2.05) is 0 Å². The maximum Gasteiger partial charge on any atom is 0.00789 e. The van der Waals surface area contributed by atoms with E-state index in [1.165, 1.54) is 19.3 Å². The van der Waals surface area contributed by atoms with Gasteiger partial charge in [0.2, 0.25) is 0 Å². The zero-order valence-corrected chi connectivity index (χ0v) is 10.2. The van der Waals surface area contributed by atoms with Gasteiger partial charge in [-0.15, -0.1) is 0 Å². The van der Waals surface area contributed by atoms with E-state index in [9.17, 15) is 0 Å². The van der Waals surface area contributed by atoms with Crippen LogP contribution in [0.2, 0.25) is 0 Å². The minimum Gasteiger partial charge on any atom is -0.327 e. The molecular weight excluding hydrogens is 182 g/mol. The van der Waals surface area contributed by atoms with E-state index in [2.05, 4.69) is 32.9 Å². The van der Waals surface area contributed by atoms with Crippen molar-refractivity contribution in [3.05, 3.63) is 23.3 Å². The van der Waals surface area contributed by atoms with E-state index < -0.39 is 0 Å². The minimum atomic E-state index is 0.318. The summed E-state index contributed by atoms with van der Waals surface area (Å²) in [6.45, 7) is 6.57. The summed E-state index contributed by atoms with van der Waals surface area (Å²) >= 11 is 0. The first-order valence-electron chi connectivity index (χ1n) is 6.23. The van der Waals surface area contributed by atoms with Gasteiger partial charge in [0, 0.05) is 6.04 Å². The smallest absolute Gasteiger partial charge is 0.00789 e. The van der Waals surface area contributed by atoms with Crippen LogP contribution in [0.15, 0.2) is 23.3 Å². The molecule has 1 nitrogen and oxygen atoms in total. The quantitative estimate of drug-likeness (QED) is 0.735. The lowest BCUT2D eigenvalue weighted by Gasteiger charge is -2.22. The number of hydrogen-bond acceptors (Lipinski definition) is 1. The summed E-state index contributed by atoms with van der Waals surface area (Å²) in [4.78, 5) is 0. The molecule has 0 heterocycles. The van der Waals surface area contributed by atoms with Crippen molar-refractivity contribution in [2.45, 2.75) is 46.1 Å². The fourth-order valence-corrected chi connectivity index (χ4v) is 3.32. The number of nitrogens with two attached hydrogens (primary N) is 1. The van der Waals surface area contributed by atoms with Gasteiger partial charge >= 0.3 is 0 Å². The highest BCUT2D eigenvalue weighted by Crippen LogP contribution is 2.53. The molecule has 0 spiro atoms. The molecule has 1 fully saturated rings. The van der Waals surface area contributed by atoms with Crippen LogP contribution in [0, 0.1) is 17.8 Å². The molecule has 0 bridgehead atoms. The Bertz CT molecular complexity index is 298. The largest absolute Gasteiger partial charge is 0.327 e. The van der Waals surface area contributed by atoms with Crippen LogP contribution < -0.4 is 5.73 Å². The molecular formula is C14H23N. The second-order valence-electron chi connectivity index (χ2n) is 5.29. The molecule has 0 amide bonds. The van der Waals surface area contributed by atoms with Gasteiger partial charge in [0.1, 0.15) is 0 Å². The third-order valence-electron chi connectivity index (χ3n) is 4.16. The Morgan fingerprint density at radius 2 is 2.20 bits per heavy atom. The summed E-state index contributed by atoms with van der Waals surface area (Å²) in [5.41, 5.74) is 9.26. The molecule has 15 heavy (non-hydrogen) atoms. The molecule has 1 heteroatoms. The molecule has 0 aliphatic heterocycles. The first-order valence-corrected chi connectivity index (χ1v) is 6.23. The molecule has 2 rings (SSSR count). The van der Waals surface area contributed by atoms with Crippen LogP contribution in [0.25, 0.3) is 0 Å². The lowest BCUT2D eigenvalue weighted by atomic mass is 9.86. The van der Waals surface area contributed by atoms with Crippen molar-refractivity contribution >= 4 is 0 Å². The SMILES string of the molecule is C/C=C\C1=C(C)[C@@H]([C@@H](C)N)[C@@H]2C[C@@H]2CC1. The number of fused-ring (bicyclic) bond motifs is 1. The van der Waals surface area contributed by atoms with Gasteiger partial charge in [-0.25, -0.2) is 0 Å². The lowest BCUT2D eigenvalue weighted by molar-refractivity contribution is 0.433. The Labute approximate surface area is 93.4 Å². The van der Waals surface area contributed by atoms with Gasteiger partial charge in [0.15, 0.2) is 0 Å². The van der Waals surface area contributed by atoms with E-state index in [0.29, 0.717) is 12.0 Å². The summed E-state index contributed by atoms with van der Waals surface area (Å²) in [6.07, 6.45) is 8.52. The van der Waals surface area contributed by atoms with Crippen molar-refractivity contribution < 1.29 is 0 Å². The van der Waals surface area contributed by atoms with Crippen LogP contribution in [0.4, 0.5) is 0 Å². The predicted octanol–water partition coefficient (Wildman–Crippen LogP) is 3.27. The van der Waals surface area contributed by atoms with Crippen molar-refractivity contribution in [1.29, 1.82) is 0 Å². The molecule has 1 saturated carbocycles. The van der Waals surface area contributed by atoms with Crippen LogP contribution in [-0.4, -0.2) is 6.04 Å². The molecule has 2 aliphatic carbocycles. The maximum absolute atomic E-state index is 6.14. The Kier molecular flexibility index (Phi) is 3.01. The van der Waals surface area contributed by atoms with E-state index >= 15 is 0 Å². The molecule has 4 atom stereocenters. The van der Waals surface area contributed by atoms with Gasteiger partial charge in [-0.1, -0.05) is 17.7 Å². The van der Waals surface area contributed by atoms with Crippen LogP contribution >= 0.6 is 0 Å². The third kappa shape index (κ3) is 2.03. The Morgan fingerprint density at radius 3 is 2.80 bits per heavy atom. The van der Waals surface area contributed by atoms with Crippen molar-refractivity contribution in [2.24, 2.45) is 23.5 Å². The molecule has 0 aromatic rings. The highest BCUT2D eigenvalue weighted by molar-refractivity contribution is 5.30. The topological polar surface area (TPSA) is 26.0 Å². The van der Waals surface area contributed by atoms with E-state index in [0.717, 1.165) is 11.8 Å². The Balaban J connectivity index is 2.28. The molecule has 0 saturated heterocycles. The maximum atomic E-state index is 6.14. The van der Waals surface area contributed by atoms with Gasteiger partial charge in [-0.3, -0.25) is 0 Å². The second kappa shape index (κ2) is 4.13. The fourth-order valence-electron chi connectivity index (χ4n) is 3.32. The number of hydrogen-bond donors (Lipinski definition) is 1. The van der Waals surface area contributed by atoms with Crippen molar-refractivity contribution in [2.75, 3.05) is 0 Å². The number of allylic oxidation sites excluding steroid dienone is 3. The number of rotatable bonds is 2. The van der Waals surface area contributed by atoms with Crippen molar-refractivity contribution in [3.63, 3.8) is 0 Å². The standard InChI is InChI=1S/C14H23N/c1-4-5-11-6-7-12-8-13(12)14(9(11)2)10(3)15/h4-5,10,12-14H,6-8,15H2,1-3H3/b5-4-/t10-,12+,13-,14+/m1/s1. The van der Waals surface area contributed by atoms with E-state index in [4.69, 9.17) is 5.73 Å². The molecule has 2 aliphatic rings. The predicted molar refractivity (Wildman–Crippen MR) is 65.5 cm³/mol. The summed E-state index contributed by atoms with van der Waals surface area (Å²) in [5, 5.41) is 0. The third-order valence-corrected chi connectivity index (χ3v) is 4.16. The molecule has 0 aromatic heterocycles. The van der Waals surface area contributed by atoms with Crippen LogP contribution in [0.5, 0.6) is 0 Å². The molecule has 2 N–H and O–H groups in total. The first kappa shape index (κ1) is 10.9. The highest BCUT2D eigenvalue weighted by atomic mass is 14.7. The molecule has 0 aromatic carbocycles. The highest BCUT2D eigenvalue weighted by Gasteiger charge is 2.46. The zero-order valence-electron chi connectivity index (χ0n) is 10.2. The monoisotopic (exact) mass is 205 g/mol.